The second kappa shape index (κ2) is 5.43. The van der Waals surface area contributed by atoms with E-state index in [-0.39, 0.29) is 16.8 Å². The van der Waals surface area contributed by atoms with Crippen molar-refractivity contribution in [3.8, 4) is 0 Å². The lowest BCUT2D eigenvalue weighted by Crippen LogP contribution is -2.18. The highest BCUT2D eigenvalue weighted by molar-refractivity contribution is 8.00. The Labute approximate surface area is 113 Å². The molecule has 0 bridgehead atoms. The van der Waals surface area contributed by atoms with E-state index in [0.717, 1.165) is 0 Å². The molecule has 0 aromatic carbocycles. The summed E-state index contributed by atoms with van der Waals surface area (Å²) in [5.74, 6) is 0.0681. The number of rotatable bonds is 4. The third-order valence-corrected chi connectivity index (χ3v) is 3.93. The number of thioether (sulfide) groups is 1. The number of aromatic nitrogens is 4. The van der Waals surface area contributed by atoms with Gasteiger partial charge < -0.3 is 4.74 Å². The van der Waals surface area contributed by atoms with Crippen molar-refractivity contribution in [2.75, 3.05) is 7.11 Å². The average Bonchev–Trinajstić information content (AvgIpc) is 2.78. The zero-order chi connectivity index (χ0) is 14.0. The van der Waals surface area contributed by atoms with Gasteiger partial charge in [0.05, 0.1) is 7.11 Å². The predicted molar refractivity (Wildman–Crippen MR) is 70.3 cm³/mol. The summed E-state index contributed by atoms with van der Waals surface area (Å²) in [5, 5.41) is 8.11. The standard InChI is InChI=1S/C11H14N4O3S/c1-4-7(9(17)18-3)19-11-14-13-10-12-8(16)5-6(2)15(10)11/h5,7H,4H2,1-3H3,(H,12,13,16)/t7-/m1/s1. The number of H-pyrrole nitrogens is 1. The summed E-state index contributed by atoms with van der Waals surface area (Å²) in [4.78, 5) is 25.5. The van der Waals surface area contributed by atoms with Crippen LogP contribution in [0.5, 0.6) is 0 Å². The minimum atomic E-state index is -0.344. The molecule has 2 rings (SSSR count). The van der Waals surface area contributed by atoms with Crippen LogP contribution in [0.1, 0.15) is 19.0 Å². The molecule has 0 amide bonds. The summed E-state index contributed by atoms with van der Waals surface area (Å²) in [7, 11) is 1.36. The number of esters is 1. The minimum absolute atomic E-state index is 0.228. The van der Waals surface area contributed by atoms with E-state index >= 15 is 0 Å². The first-order valence-electron chi connectivity index (χ1n) is 5.76. The molecule has 8 heteroatoms. The first kappa shape index (κ1) is 13.6. The third-order valence-electron chi connectivity index (χ3n) is 2.64. The molecule has 0 aliphatic rings. The number of aryl methyl sites for hydroxylation is 1. The van der Waals surface area contributed by atoms with Gasteiger partial charge in [0.15, 0.2) is 5.16 Å². The zero-order valence-corrected chi connectivity index (χ0v) is 11.7. The van der Waals surface area contributed by atoms with Gasteiger partial charge in [-0.25, -0.2) is 0 Å². The fourth-order valence-corrected chi connectivity index (χ4v) is 2.74. The number of ether oxygens (including phenoxy) is 1. The number of nitrogens with one attached hydrogen (secondary N) is 1. The Morgan fingerprint density at radius 3 is 2.95 bits per heavy atom. The van der Waals surface area contributed by atoms with Crippen molar-refractivity contribution in [1.82, 2.24) is 19.6 Å². The van der Waals surface area contributed by atoms with Crippen LogP contribution in [0.2, 0.25) is 0 Å². The van der Waals surface area contributed by atoms with Gasteiger partial charge in [-0.1, -0.05) is 18.7 Å². The van der Waals surface area contributed by atoms with E-state index in [2.05, 4.69) is 15.2 Å². The van der Waals surface area contributed by atoms with Crippen molar-refractivity contribution in [2.45, 2.75) is 30.7 Å². The second-order valence-corrected chi connectivity index (χ2v) is 5.12. The van der Waals surface area contributed by atoms with E-state index in [1.165, 1.54) is 24.9 Å². The molecule has 19 heavy (non-hydrogen) atoms. The van der Waals surface area contributed by atoms with Gasteiger partial charge in [0.2, 0.25) is 5.78 Å². The van der Waals surface area contributed by atoms with Gasteiger partial charge in [0.1, 0.15) is 5.25 Å². The van der Waals surface area contributed by atoms with Crippen molar-refractivity contribution in [3.05, 3.63) is 22.1 Å². The summed E-state index contributed by atoms with van der Waals surface area (Å²) >= 11 is 1.27. The molecular formula is C11H14N4O3S. The molecule has 0 spiro atoms. The lowest BCUT2D eigenvalue weighted by atomic mass is 10.3. The highest BCUT2D eigenvalue weighted by Crippen LogP contribution is 2.25. The van der Waals surface area contributed by atoms with Crippen molar-refractivity contribution in [3.63, 3.8) is 0 Å². The molecule has 7 nitrogen and oxygen atoms in total. The van der Waals surface area contributed by atoms with E-state index in [1.54, 1.807) is 11.3 Å². The Hall–Kier alpha value is -1.83. The molecule has 0 radical (unpaired) electrons. The number of hydrogen-bond acceptors (Lipinski definition) is 6. The van der Waals surface area contributed by atoms with Crippen molar-refractivity contribution in [1.29, 1.82) is 0 Å². The first-order valence-corrected chi connectivity index (χ1v) is 6.64. The number of fused-ring (bicyclic) bond motifs is 1. The van der Waals surface area contributed by atoms with Crippen LogP contribution < -0.4 is 5.56 Å². The molecule has 2 aromatic heterocycles. The highest BCUT2D eigenvalue weighted by Gasteiger charge is 2.22. The Bertz CT molecular complexity index is 663. The second-order valence-electron chi connectivity index (χ2n) is 3.95. The van der Waals surface area contributed by atoms with Gasteiger partial charge in [-0.15, -0.1) is 10.2 Å². The number of hydrogen-bond donors (Lipinski definition) is 1. The average molecular weight is 282 g/mol. The summed E-state index contributed by atoms with van der Waals surface area (Å²) < 4.78 is 6.44. The highest BCUT2D eigenvalue weighted by atomic mass is 32.2. The van der Waals surface area contributed by atoms with E-state index in [1.807, 2.05) is 6.92 Å². The van der Waals surface area contributed by atoms with Crippen LogP contribution in [0, 0.1) is 6.92 Å². The summed E-state index contributed by atoms with van der Waals surface area (Å²) in [6.45, 7) is 3.68. The zero-order valence-electron chi connectivity index (χ0n) is 10.8. The maximum atomic E-state index is 11.6. The van der Waals surface area contributed by atoms with Gasteiger partial charge in [0.25, 0.3) is 5.56 Å². The number of methoxy groups -OCH3 is 1. The smallest absolute Gasteiger partial charge is 0.319 e. The van der Waals surface area contributed by atoms with Crippen LogP contribution in [-0.2, 0) is 9.53 Å². The van der Waals surface area contributed by atoms with E-state index < -0.39 is 0 Å². The molecule has 0 saturated carbocycles. The number of carbonyl (C=O) groups excluding carboxylic acids is 1. The molecule has 0 fully saturated rings. The van der Waals surface area contributed by atoms with E-state index in [9.17, 15) is 9.59 Å². The Balaban J connectivity index is 2.41. The van der Waals surface area contributed by atoms with Crippen LogP contribution in [0.25, 0.3) is 5.78 Å². The number of aromatic amines is 1. The third kappa shape index (κ3) is 2.62. The Kier molecular flexibility index (Phi) is 3.89. The summed E-state index contributed by atoms with van der Waals surface area (Å²) in [6, 6.07) is 1.46. The van der Waals surface area contributed by atoms with Crippen LogP contribution >= 0.6 is 11.8 Å². The van der Waals surface area contributed by atoms with E-state index in [0.29, 0.717) is 23.0 Å². The molecule has 2 aromatic rings. The molecule has 0 saturated heterocycles. The minimum Gasteiger partial charge on any atom is -0.468 e. The number of carbonyl (C=O) groups is 1. The fraction of sp³-hybridized carbons (Fsp3) is 0.455. The molecule has 2 heterocycles. The largest absolute Gasteiger partial charge is 0.468 e. The monoisotopic (exact) mass is 282 g/mol. The quantitative estimate of drug-likeness (QED) is 0.658. The maximum Gasteiger partial charge on any atom is 0.319 e. The Morgan fingerprint density at radius 1 is 1.58 bits per heavy atom. The predicted octanol–water partition coefficient (Wildman–Crippen LogP) is 0.770. The summed E-state index contributed by atoms with van der Waals surface area (Å²) in [6.07, 6.45) is 0.620. The number of nitrogens with zero attached hydrogens (tertiary/aromatic N) is 3. The Morgan fingerprint density at radius 2 is 2.32 bits per heavy atom. The van der Waals surface area contributed by atoms with Crippen molar-refractivity contribution >= 4 is 23.5 Å². The molecule has 1 atom stereocenters. The molecular weight excluding hydrogens is 268 g/mol. The van der Waals surface area contributed by atoms with Gasteiger partial charge in [-0.05, 0) is 13.3 Å². The van der Waals surface area contributed by atoms with Crippen molar-refractivity contribution in [2.24, 2.45) is 0 Å². The molecule has 0 aliphatic heterocycles. The molecule has 102 valence electrons. The van der Waals surface area contributed by atoms with Gasteiger partial charge in [-0.3, -0.25) is 19.0 Å². The lowest BCUT2D eigenvalue weighted by Gasteiger charge is -2.10. The maximum absolute atomic E-state index is 11.6. The normalized spacial score (nSPS) is 12.6. The fourth-order valence-electron chi connectivity index (χ4n) is 1.70. The van der Waals surface area contributed by atoms with E-state index in [4.69, 9.17) is 4.74 Å². The van der Waals surface area contributed by atoms with Gasteiger partial charge in [0, 0.05) is 11.8 Å². The van der Waals surface area contributed by atoms with Gasteiger partial charge >= 0.3 is 5.97 Å². The molecule has 0 unspecified atom stereocenters. The van der Waals surface area contributed by atoms with Crippen molar-refractivity contribution < 1.29 is 9.53 Å². The molecule has 0 aliphatic carbocycles. The first-order chi connectivity index (χ1) is 9.06. The van der Waals surface area contributed by atoms with Crippen LogP contribution in [-0.4, -0.2) is 37.9 Å². The van der Waals surface area contributed by atoms with Crippen LogP contribution in [0.15, 0.2) is 16.0 Å². The van der Waals surface area contributed by atoms with Gasteiger partial charge in [-0.2, -0.15) is 0 Å². The van der Waals surface area contributed by atoms with Crippen LogP contribution in [0.3, 0.4) is 0 Å². The summed E-state index contributed by atoms with van der Waals surface area (Å²) in [5.41, 5.74) is 0.486. The lowest BCUT2D eigenvalue weighted by molar-refractivity contribution is -0.140. The topological polar surface area (TPSA) is 89.4 Å². The molecule has 1 N–H and O–H groups in total. The van der Waals surface area contributed by atoms with Crippen LogP contribution in [0.4, 0.5) is 0 Å². The SMILES string of the molecule is CC[C@@H](Sc1nnc2[nH]c(=O)cc(C)n12)C(=O)OC.